The molecule has 0 radical (unpaired) electrons. The highest BCUT2D eigenvalue weighted by molar-refractivity contribution is 7.86. The third-order valence-electron chi connectivity index (χ3n) is 4.62. The van der Waals surface area contributed by atoms with Gasteiger partial charge in [0, 0.05) is 16.5 Å². The normalized spacial score (nSPS) is 15.1. The van der Waals surface area contributed by atoms with E-state index >= 15 is 0 Å². The Kier molecular flexibility index (Phi) is 4.17. The third kappa shape index (κ3) is 3.04. The van der Waals surface area contributed by atoms with Crippen LogP contribution in [0.4, 0.5) is 0 Å². The van der Waals surface area contributed by atoms with Crippen LogP contribution in [-0.2, 0) is 20.2 Å². The number of ketones is 2. The van der Waals surface area contributed by atoms with E-state index in [4.69, 9.17) is 0 Å². The average molecular weight is 433 g/mol. The van der Waals surface area contributed by atoms with Gasteiger partial charge < -0.3 is 0 Å². The van der Waals surface area contributed by atoms with Gasteiger partial charge in [0.05, 0.1) is 11.2 Å². The van der Waals surface area contributed by atoms with Gasteiger partial charge in [-0.1, -0.05) is 30.3 Å². The topological polar surface area (TPSA) is 156 Å². The quantitative estimate of drug-likeness (QED) is 0.465. The molecule has 0 saturated carbocycles. The van der Waals surface area contributed by atoms with Gasteiger partial charge in [-0.15, -0.1) is 0 Å². The molecule has 9 nitrogen and oxygen atoms in total. The molecule has 1 aliphatic carbocycles. The lowest BCUT2D eigenvalue weighted by Gasteiger charge is -2.13. The minimum absolute atomic E-state index is 0.0842. The first-order valence-corrected chi connectivity index (χ1v) is 10.9. The molecule has 0 amide bonds. The first kappa shape index (κ1) is 19.3. The summed E-state index contributed by atoms with van der Waals surface area (Å²) in [5, 5.41) is -0.290. The van der Waals surface area contributed by atoms with Crippen LogP contribution in [0.1, 0.15) is 32.3 Å². The average Bonchev–Trinajstić information content (AvgIpc) is 2.89. The highest BCUT2D eigenvalue weighted by Crippen LogP contribution is 2.37. The summed E-state index contributed by atoms with van der Waals surface area (Å²) in [6.45, 7) is 0. The van der Waals surface area contributed by atoms with Crippen molar-refractivity contribution >= 4 is 42.7 Å². The number of carbonyl (C=O) groups is 2. The Bertz CT molecular complexity index is 1410. The van der Waals surface area contributed by atoms with E-state index in [1.54, 1.807) is 12.1 Å². The summed E-state index contributed by atoms with van der Waals surface area (Å²) in [4.78, 5) is 28.1. The zero-order valence-corrected chi connectivity index (χ0v) is 15.9. The molecule has 2 N–H and O–H groups in total. The van der Waals surface area contributed by atoms with Crippen LogP contribution in [0.5, 0.6) is 0 Å². The van der Waals surface area contributed by atoms with Crippen LogP contribution in [0.2, 0.25) is 0 Å². The molecule has 0 aliphatic heterocycles. The molecular weight excluding hydrogens is 422 g/mol. The second-order valence-electron chi connectivity index (χ2n) is 6.35. The Hall–Kier alpha value is -2.99. The molecule has 1 aliphatic rings. The summed E-state index contributed by atoms with van der Waals surface area (Å²) in [7, 11) is -9.74. The number of hydrogen-bond donors (Lipinski definition) is 2. The molecule has 0 unspecified atom stereocenters. The Balaban J connectivity index is 2.06. The van der Waals surface area contributed by atoms with Crippen LogP contribution in [0.25, 0.3) is 10.9 Å². The fraction of sp³-hybridized carbons (Fsp3) is 0.0556. The number of fused-ring (bicyclic) bond motifs is 2. The number of nitrogens with zero attached hydrogens (tertiary/aromatic N) is 1. The second kappa shape index (κ2) is 6.26. The molecule has 29 heavy (non-hydrogen) atoms. The monoisotopic (exact) mass is 433 g/mol. The molecule has 1 heterocycles. The lowest BCUT2D eigenvalue weighted by atomic mass is 9.98. The molecule has 0 bridgehead atoms. The van der Waals surface area contributed by atoms with E-state index in [0.717, 1.165) is 12.1 Å². The standard InChI is InChI=1S/C18H11NO8S2/c20-17-9-4-1-2-5-10(9)18(21)15(17)16-14(29(25,26)27)8-11-12(19-16)6-3-7-13(11)28(22,23)24/h1-8,15H,(H,22,23,24)(H,25,26,27). The molecule has 148 valence electrons. The maximum Gasteiger partial charge on any atom is 0.296 e. The van der Waals surface area contributed by atoms with Crippen molar-refractivity contribution in [2.75, 3.05) is 0 Å². The smallest absolute Gasteiger partial charge is 0.293 e. The lowest BCUT2D eigenvalue weighted by Crippen LogP contribution is -2.19. The summed E-state index contributed by atoms with van der Waals surface area (Å²) in [6.07, 6.45) is 0. The van der Waals surface area contributed by atoms with Gasteiger partial charge in [-0.2, -0.15) is 16.8 Å². The number of aromatic nitrogens is 1. The van der Waals surface area contributed by atoms with Crippen molar-refractivity contribution in [3.63, 3.8) is 0 Å². The van der Waals surface area contributed by atoms with Gasteiger partial charge in [0.2, 0.25) is 0 Å². The molecule has 0 fully saturated rings. The van der Waals surface area contributed by atoms with E-state index in [1.807, 2.05) is 0 Å². The number of pyridine rings is 1. The number of hydrogen-bond acceptors (Lipinski definition) is 7. The summed E-state index contributed by atoms with van der Waals surface area (Å²) in [5.74, 6) is -2.98. The largest absolute Gasteiger partial charge is 0.296 e. The van der Waals surface area contributed by atoms with Crippen LogP contribution in [0.3, 0.4) is 0 Å². The minimum atomic E-state index is -5.00. The van der Waals surface area contributed by atoms with Gasteiger partial charge >= 0.3 is 0 Å². The van der Waals surface area contributed by atoms with E-state index in [1.165, 1.54) is 24.3 Å². The summed E-state index contributed by atoms with van der Waals surface area (Å²) in [6, 6.07) is 10.3. The van der Waals surface area contributed by atoms with Crippen molar-refractivity contribution in [2.24, 2.45) is 0 Å². The van der Waals surface area contributed by atoms with Gasteiger partial charge in [0.25, 0.3) is 20.2 Å². The van der Waals surface area contributed by atoms with Gasteiger partial charge in [-0.05, 0) is 18.2 Å². The van der Waals surface area contributed by atoms with Crippen molar-refractivity contribution < 1.29 is 35.5 Å². The van der Waals surface area contributed by atoms with Crippen LogP contribution >= 0.6 is 0 Å². The predicted octanol–water partition coefficient (Wildman–Crippen LogP) is 1.89. The lowest BCUT2D eigenvalue weighted by molar-refractivity contribution is 0.0886. The van der Waals surface area contributed by atoms with Gasteiger partial charge in [0.15, 0.2) is 11.6 Å². The van der Waals surface area contributed by atoms with Crippen molar-refractivity contribution in [2.45, 2.75) is 15.7 Å². The van der Waals surface area contributed by atoms with Crippen LogP contribution in [0, 0.1) is 0 Å². The molecule has 0 atom stereocenters. The summed E-state index contributed by atoms with van der Waals surface area (Å²) < 4.78 is 66.2. The molecule has 0 spiro atoms. The molecule has 3 aromatic rings. The zero-order chi connectivity index (χ0) is 21.1. The predicted molar refractivity (Wildman–Crippen MR) is 99.2 cm³/mol. The summed E-state index contributed by atoms with van der Waals surface area (Å²) >= 11 is 0. The zero-order valence-electron chi connectivity index (χ0n) is 14.3. The van der Waals surface area contributed by atoms with Gasteiger partial charge in [0.1, 0.15) is 15.7 Å². The highest BCUT2D eigenvalue weighted by atomic mass is 32.2. The van der Waals surface area contributed by atoms with Crippen LogP contribution in [0.15, 0.2) is 58.3 Å². The molecular formula is C18H11NO8S2. The van der Waals surface area contributed by atoms with Crippen molar-refractivity contribution in [1.82, 2.24) is 4.98 Å². The molecule has 4 rings (SSSR count). The third-order valence-corrected chi connectivity index (χ3v) is 6.42. The maximum absolute atomic E-state index is 12.8. The first-order valence-electron chi connectivity index (χ1n) is 8.06. The number of rotatable bonds is 3. The Labute approximate surface area is 164 Å². The van der Waals surface area contributed by atoms with E-state index in [9.17, 15) is 35.5 Å². The number of Topliss-reactive ketones (excluding diaryl/α,β-unsaturated/α-hetero) is 2. The Morgan fingerprint density at radius 1 is 0.759 bits per heavy atom. The number of benzene rings is 2. The molecule has 2 aromatic carbocycles. The SMILES string of the molecule is O=C1c2ccccc2C(=O)C1c1nc2cccc(S(=O)(=O)O)c2cc1S(=O)(=O)O. The number of carbonyl (C=O) groups excluding carboxylic acids is 2. The molecule has 11 heteroatoms. The second-order valence-corrected chi connectivity index (χ2v) is 9.13. The van der Waals surface area contributed by atoms with Gasteiger partial charge in [-0.3, -0.25) is 23.7 Å². The Morgan fingerprint density at radius 2 is 1.31 bits per heavy atom. The fourth-order valence-corrected chi connectivity index (χ4v) is 4.78. The van der Waals surface area contributed by atoms with Crippen molar-refractivity contribution in [3.8, 4) is 0 Å². The van der Waals surface area contributed by atoms with Crippen LogP contribution in [-0.4, -0.2) is 42.5 Å². The maximum atomic E-state index is 12.8. The first-order chi connectivity index (χ1) is 13.5. The van der Waals surface area contributed by atoms with Crippen molar-refractivity contribution in [1.29, 1.82) is 0 Å². The van der Waals surface area contributed by atoms with E-state index in [0.29, 0.717) is 0 Å². The minimum Gasteiger partial charge on any atom is -0.293 e. The Morgan fingerprint density at radius 3 is 1.83 bits per heavy atom. The van der Waals surface area contributed by atoms with Crippen molar-refractivity contribution in [3.05, 3.63) is 65.4 Å². The fourth-order valence-electron chi connectivity index (χ4n) is 3.39. The van der Waals surface area contributed by atoms with Gasteiger partial charge in [-0.25, -0.2) is 0 Å². The van der Waals surface area contributed by atoms with E-state index < -0.39 is 53.2 Å². The van der Waals surface area contributed by atoms with E-state index in [-0.39, 0.29) is 22.0 Å². The van der Waals surface area contributed by atoms with E-state index in [2.05, 4.69) is 4.98 Å². The van der Waals surface area contributed by atoms with Crippen LogP contribution < -0.4 is 0 Å². The molecule has 0 saturated heterocycles. The summed E-state index contributed by atoms with van der Waals surface area (Å²) in [5.41, 5.74) is -0.410. The molecule has 1 aromatic heterocycles. The highest BCUT2D eigenvalue weighted by Gasteiger charge is 2.43.